The van der Waals surface area contributed by atoms with E-state index in [2.05, 4.69) is 5.32 Å². The van der Waals surface area contributed by atoms with Gasteiger partial charge in [0.25, 0.3) is 0 Å². The average Bonchev–Trinajstić information content (AvgIpc) is 2.71. The fourth-order valence-electron chi connectivity index (χ4n) is 3.15. The molecule has 4 heteroatoms. The molecule has 0 aliphatic carbocycles. The molecule has 1 aliphatic heterocycles. The highest BCUT2D eigenvalue weighted by Gasteiger charge is 2.25. The second-order valence-corrected chi connectivity index (χ2v) is 6.22. The number of rotatable bonds is 4. The Labute approximate surface area is 152 Å². The fraction of sp³-hybridized carbons (Fsp3) is 0.0909. The van der Waals surface area contributed by atoms with Gasteiger partial charge in [-0.1, -0.05) is 66.7 Å². The lowest BCUT2D eigenvalue weighted by Crippen LogP contribution is -2.42. The summed E-state index contributed by atoms with van der Waals surface area (Å²) in [5.41, 5.74) is 4.40. The second-order valence-electron chi connectivity index (χ2n) is 6.22. The molecule has 0 saturated heterocycles. The molecular formula is C22H18N2O2. The van der Waals surface area contributed by atoms with Gasteiger partial charge in [0.15, 0.2) is 5.78 Å². The molecule has 4 nitrogen and oxygen atoms in total. The topological polar surface area (TPSA) is 49.4 Å². The highest BCUT2D eigenvalue weighted by Crippen LogP contribution is 2.29. The predicted molar refractivity (Wildman–Crippen MR) is 103 cm³/mol. The summed E-state index contributed by atoms with van der Waals surface area (Å²) >= 11 is 0. The minimum atomic E-state index is -0.0991. The third-order valence-corrected chi connectivity index (χ3v) is 4.54. The molecule has 0 saturated carbocycles. The van der Waals surface area contributed by atoms with Gasteiger partial charge >= 0.3 is 0 Å². The van der Waals surface area contributed by atoms with E-state index >= 15 is 0 Å². The van der Waals surface area contributed by atoms with Crippen LogP contribution in [0.5, 0.6) is 0 Å². The molecule has 0 aromatic heterocycles. The van der Waals surface area contributed by atoms with Crippen molar-refractivity contribution in [3.05, 3.63) is 84.4 Å². The number of Topliss-reactive ketones (excluding diaryl/α,β-unsaturated/α-hetero) is 1. The van der Waals surface area contributed by atoms with E-state index in [0.717, 1.165) is 22.5 Å². The van der Waals surface area contributed by atoms with Crippen molar-refractivity contribution < 1.29 is 9.59 Å². The van der Waals surface area contributed by atoms with Gasteiger partial charge in [0, 0.05) is 5.56 Å². The summed E-state index contributed by atoms with van der Waals surface area (Å²) in [6, 6.07) is 25.1. The molecule has 128 valence electrons. The number of benzene rings is 3. The van der Waals surface area contributed by atoms with E-state index in [9.17, 15) is 9.59 Å². The van der Waals surface area contributed by atoms with Crippen molar-refractivity contribution in [1.29, 1.82) is 0 Å². The number of carbonyl (C=O) groups excluding carboxylic acids is 2. The first kappa shape index (κ1) is 16.1. The van der Waals surface area contributed by atoms with Gasteiger partial charge in [0.2, 0.25) is 5.91 Å². The van der Waals surface area contributed by atoms with Crippen molar-refractivity contribution in [2.45, 2.75) is 0 Å². The lowest BCUT2D eigenvalue weighted by molar-refractivity contribution is -0.117. The summed E-state index contributed by atoms with van der Waals surface area (Å²) in [6.07, 6.45) is 0. The molecule has 1 aliphatic rings. The summed E-state index contributed by atoms with van der Waals surface area (Å²) in [6.45, 7) is 0.249. The number of nitrogens with zero attached hydrogens (tertiary/aromatic N) is 1. The van der Waals surface area contributed by atoms with E-state index in [0.29, 0.717) is 5.56 Å². The number of anilines is 2. The Morgan fingerprint density at radius 1 is 0.846 bits per heavy atom. The maximum atomic E-state index is 12.7. The number of hydrogen-bond donors (Lipinski definition) is 1. The third-order valence-electron chi connectivity index (χ3n) is 4.54. The van der Waals surface area contributed by atoms with E-state index in [1.807, 2.05) is 78.9 Å². The van der Waals surface area contributed by atoms with Crippen molar-refractivity contribution >= 4 is 23.1 Å². The highest BCUT2D eigenvalue weighted by atomic mass is 16.2. The van der Waals surface area contributed by atoms with Gasteiger partial charge < -0.3 is 10.2 Å². The van der Waals surface area contributed by atoms with Crippen LogP contribution in [-0.4, -0.2) is 24.8 Å². The molecule has 0 radical (unpaired) electrons. The molecule has 0 unspecified atom stereocenters. The Hall–Kier alpha value is -3.40. The van der Waals surface area contributed by atoms with Crippen LogP contribution in [0.4, 0.5) is 11.4 Å². The smallest absolute Gasteiger partial charge is 0.246 e. The summed E-state index contributed by atoms with van der Waals surface area (Å²) < 4.78 is 0. The zero-order chi connectivity index (χ0) is 17.9. The average molecular weight is 342 g/mol. The molecule has 1 heterocycles. The molecule has 0 atom stereocenters. The lowest BCUT2D eigenvalue weighted by atomic mass is 10.0. The van der Waals surface area contributed by atoms with Crippen LogP contribution < -0.4 is 10.2 Å². The molecule has 0 bridgehead atoms. The molecular weight excluding hydrogens is 324 g/mol. The Morgan fingerprint density at radius 3 is 2.27 bits per heavy atom. The predicted octanol–water partition coefficient (Wildman–Crippen LogP) is 4.00. The van der Waals surface area contributed by atoms with E-state index in [1.165, 1.54) is 0 Å². The molecule has 1 N–H and O–H groups in total. The first-order valence-corrected chi connectivity index (χ1v) is 8.54. The highest BCUT2D eigenvalue weighted by molar-refractivity contribution is 6.09. The van der Waals surface area contributed by atoms with E-state index < -0.39 is 0 Å². The van der Waals surface area contributed by atoms with E-state index in [1.54, 1.807) is 4.90 Å². The van der Waals surface area contributed by atoms with Crippen LogP contribution in [0.15, 0.2) is 78.9 Å². The van der Waals surface area contributed by atoms with Crippen LogP contribution in [0.2, 0.25) is 0 Å². The van der Waals surface area contributed by atoms with Crippen LogP contribution in [-0.2, 0) is 4.79 Å². The minimum Gasteiger partial charge on any atom is -0.374 e. The van der Waals surface area contributed by atoms with Gasteiger partial charge in [0.05, 0.1) is 24.5 Å². The number of carbonyl (C=O) groups is 2. The molecule has 1 amide bonds. The van der Waals surface area contributed by atoms with Gasteiger partial charge in [-0.05, 0) is 23.3 Å². The number of ketones is 1. The lowest BCUT2D eigenvalue weighted by Gasteiger charge is -2.29. The number of nitrogens with one attached hydrogen (secondary N) is 1. The van der Waals surface area contributed by atoms with Crippen LogP contribution in [0.3, 0.4) is 0 Å². The summed E-state index contributed by atoms with van der Waals surface area (Å²) in [7, 11) is 0. The van der Waals surface area contributed by atoms with Gasteiger partial charge in [-0.15, -0.1) is 0 Å². The Bertz CT molecular complexity index is 949. The maximum absolute atomic E-state index is 12.7. The first-order valence-electron chi connectivity index (χ1n) is 8.54. The van der Waals surface area contributed by atoms with Crippen LogP contribution in [0.25, 0.3) is 11.1 Å². The largest absolute Gasteiger partial charge is 0.374 e. The Balaban J connectivity index is 1.54. The van der Waals surface area contributed by atoms with Crippen LogP contribution >= 0.6 is 0 Å². The van der Waals surface area contributed by atoms with Gasteiger partial charge in [-0.2, -0.15) is 0 Å². The fourth-order valence-corrected chi connectivity index (χ4v) is 3.15. The van der Waals surface area contributed by atoms with Crippen molar-refractivity contribution in [2.24, 2.45) is 0 Å². The van der Waals surface area contributed by atoms with Gasteiger partial charge in [-0.25, -0.2) is 0 Å². The monoisotopic (exact) mass is 342 g/mol. The van der Waals surface area contributed by atoms with Crippen molar-refractivity contribution in [3.63, 3.8) is 0 Å². The zero-order valence-electron chi connectivity index (χ0n) is 14.2. The zero-order valence-corrected chi connectivity index (χ0v) is 14.2. The maximum Gasteiger partial charge on any atom is 0.246 e. The summed E-state index contributed by atoms with van der Waals surface area (Å²) in [5.74, 6) is -0.173. The van der Waals surface area contributed by atoms with Crippen molar-refractivity contribution in [3.8, 4) is 11.1 Å². The van der Waals surface area contributed by atoms with E-state index in [4.69, 9.17) is 0 Å². The minimum absolute atomic E-state index is 0.0439. The van der Waals surface area contributed by atoms with Gasteiger partial charge in [0.1, 0.15) is 0 Å². The number of para-hydroxylation sites is 2. The van der Waals surface area contributed by atoms with E-state index in [-0.39, 0.29) is 24.8 Å². The number of fused-ring (bicyclic) bond motifs is 1. The number of amides is 1. The second kappa shape index (κ2) is 6.84. The Kier molecular flexibility index (Phi) is 4.23. The standard InChI is InChI=1S/C22H18N2O2/c25-21(15-24-20-9-5-4-8-19(20)23-14-22(24)26)18-12-10-17(11-13-18)16-6-2-1-3-7-16/h1-13,23H,14-15H2. The van der Waals surface area contributed by atoms with Crippen LogP contribution in [0, 0.1) is 0 Å². The van der Waals surface area contributed by atoms with Crippen molar-refractivity contribution in [2.75, 3.05) is 23.3 Å². The molecule has 26 heavy (non-hydrogen) atoms. The van der Waals surface area contributed by atoms with Crippen molar-refractivity contribution in [1.82, 2.24) is 0 Å². The molecule has 3 aromatic carbocycles. The summed E-state index contributed by atoms with van der Waals surface area (Å²) in [5, 5.41) is 3.08. The third kappa shape index (κ3) is 3.09. The first-order chi connectivity index (χ1) is 12.7. The normalized spacial score (nSPS) is 13.1. The molecule has 3 aromatic rings. The quantitative estimate of drug-likeness (QED) is 0.729. The SMILES string of the molecule is O=C(CN1C(=O)CNc2ccccc21)c1ccc(-c2ccccc2)cc1. The molecule has 4 rings (SSSR count). The number of hydrogen-bond acceptors (Lipinski definition) is 3. The molecule has 0 spiro atoms. The summed E-state index contributed by atoms with van der Waals surface area (Å²) in [4.78, 5) is 26.5. The molecule has 0 fully saturated rings. The Morgan fingerprint density at radius 2 is 1.50 bits per heavy atom. The van der Waals surface area contributed by atoms with Gasteiger partial charge in [-0.3, -0.25) is 9.59 Å². The van der Waals surface area contributed by atoms with Crippen LogP contribution in [0.1, 0.15) is 10.4 Å².